The van der Waals surface area contributed by atoms with Crippen LogP contribution in [0.3, 0.4) is 0 Å². The SMILES string of the molecule is C[C@H](NC(=O)[C@@H]1CCNC1)[C@@H](O)C(N)=O. The Morgan fingerprint density at radius 1 is 1.60 bits per heavy atom. The molecule has 1 heterocycles. The first-order chi connectivity index (χ1) is 7.02. The van der Waals surface area contributed by atoms with Gasteiger partial charge in [-0.2, -0.15) is 0 Å². The summed E-state index contributed by atoms with van der Waals surface area (Å²) in [5, 5.41) is 14.9. The third kappa shape index (κ3) is 3.17. The highest BCUT2D eigenvalue weighted by molar-refractivity contribution is 5.83. The number of carbonyl (C=O) groups is 2. The van der Waals surface area contributed by atoms with Gasteiger partial charge in [-0.3, -0.25) is 9.59 Å². The highest BCUT2D eigenvalue weighted by atomic mass is 16.3. The molecule has 6 heteroatoms. The van der Waals surface area contributed by atoms with E-state index in [1.54, 1.807) is 6.92 Å². The lowest BCUT2D eigenvalue weighted by Crippen LogP contribution is -2.49. The molecular weight excluding hydrogens is 198 g/mol. The van der Waals surface area contributed by atoms with Gasteiger partial charge in [-0.05, 0) is 19.9 Å². The van der Waals surface area contributed by atoms with Crippen LogP contribution in [-0.4, -0.2) is 42.2 Å². The first-order valence-corrected chi connectivity index (χ1v) is 5.01. The van der Waals surface area contributed by atoms with Crippen molar-refractivity contribution in [2.45, 2.75) is 25.5 Å². The Hall–Kier alpha value is -1.14. The molecule has 0 aromatic heterocycles. The van der Waals surface area contributed by atoms with Crippen molar-refractivity contribution in [2.75, 3.05) is 13.1 Å². The van der Waals surface area contributed by atoms with Crippen molar-refractivity contribution >= 4 is 11.8 Å². The van der Waals surface area contributed by atoms with E-state index >= 15 is 0 Å². The van der Waals surface area contributed by atoms with Gasteiger partial charge in [0.05, 0.1) is 12.0 Å². The topological polar surface area (TPSA) is 104 Å². The average molecular weight is 215 g/mol. The number of nitrogens with one attached hydrogen (secondary N) is 2. The molecule has 3 atom stereocenters. The zero-order valence-electron chi connectivity index (χ0n) is 8.69. The van der Waals surface area contributed by atoms with Gasteiger partial charge >= 0.3 is 0 Å². The molecule has 5 N–H and O–H groups in total. The highest BCUT2D eigenvalue weighted by Gasteiger charge is 2.27. The Kier molecular flexibility index (Phi) is 4.05. The van der Waals surface area contributed by atoms with Crippen LogP contribution in [0.15, 0.2) is 0 Å². The van der Waals surface area contributed by atoms with Gasteiger partial charge in [-0.25, -0.2) is 0 Å². The molecule has 1 aliphatic rings. The van der Waals surface area contributed by atoms with Gasteiger partial charge in [-0.15, -0.1) is 0 Å². The van der Waals surface area contributed by atoms with E-state index in [0.717, 1.165) is 13.0 Å². The fourth-order valence-corrected chi connectivity index (χ4v) is 1.55. The minimum Gasteiger partial charge on any atom is -0.381 e. The molecule has 0 aliphatic carbocycles. The second-order valence-corrected chi connectivity index (χ2v) is 3.83. The standard InChI is InChI=1S/C9H17N3O3/c1-5(7(13)8(10)14)12-9(15)6-2-3-11-4-6/h5-7,11,13H,2-4H2,1H3,(H2,10,14)(H,12,15)/t5-,6+,7+/m0/s1. The van der Waals surface area contributed by atoms with E-state index < -0.39 is 18.1 Å². The van der Waals surface area contributed by atoms with Crippen molar-refractivity contribution in [1.29, 1.82) is 0 Å². The Labute approximate surface area is 88.2 Å². The highest BCUT2D eigenvalue weighted by Crippen LogP contribution is 2.07. The molecule has 1 rings (SSSR count). The van der Waals surface area contributed by atoms with Gasteiger partial charge in [0.1, 0.15) is 0 Å². The fraction of sp³-hybridized carbons (Fsp3) is 0.778. The van der Waals surface area contributed by atoms with E-state index in [2.05, 4.69) is 10.6 Å². The molecule has 15 heavy (non-hydrogen) atoms. The van der Waals surface area contributed by atoms with Crippen molar-refractivity contribution in [3.8, 4) is 0 Å². The number of amides is 2. The third-order valence-corrected chi connectivity index (χ3v) is 2.57. The number of aliphatic hydroxyl groups is 1. The monoisotopic (exact) mass is 215 g/mol. The van der Waals surface area contributed by atoms with Crippen LogP contribution in [0.25, 0.3) is 0 Å². The van der Waals surface area contributed by atoms with E-state index in [4.69, 9.17) is 5.73 Å². The van der Waals surface area contributed by atoms with Crippen LogP contribution in [-0.2, 0) is 9.59 Å². The van der Waals surface area contributed by atoms with Gasteiger partial charge in [0.2, 0.25) is 11.8 Å². The number of aliphatic hydroxyl groups excluding tert-OH is 1. The van der Waals surface area contributed by atoms with E-state index in [0.29, 0.717) is 6.54 Å². The van der Waals surface area contributed by atoms with Crippen LogP contribution in [0.4, 0.5) is 0 Å². The lowest BCUT2D eigenvalue weighted by molar-refractivity contribution is -0.130. The molecule has 1 aliphatic heterocycles. The van der Waals surface area contributed by atoms with E-state index in [-0.39, 0.29) is 11.8 Å². The van der Waals surface area contributed by atoms with Crippen molar-refractivity contribution in [2.24, 2.45) is 11.7 Å². The maximum Gasteiger partial charge on any atom is 0.248 e. The molecule has 0 bridgehead atoms. The number of nitrogens with two attached hydrogens (primary N) is 1. The van der Waals surface area contributed by atoms with E-state index in [9.17, 15) is 14.7 Å². The Morgan fingerprint density at radius 2 is 2.27 bits per heavy atom. The van der Waals surface area contributed by atoms with Crippen LogP contribution in [0.1, 0.15) is 13.3 Å². The molecule has 86 valence electrons. The average Bonchev–Trinajstić information content (AvgIpc) is 2.68. The summed E-state index contributed by atoms with van der Waals surface area (Å²) in [6, 6.07) is -0.643. The molecule has 0 radical (unpaired) electrons. The fourth-order valence-electron chi connectivity index (χ4n) is 1.55. The Morgan fingerprint density at radius 3 is 2.73 bits per heavy atom. The molecule has 2 amide bonds. The molecule has 1 fully saturated rings. The second-order valence-electron chi connectivity index (χ2n) is 3.83. The zero-order valence-corrected chi connectivity index (χ0v) is 8.69. The Bertz CT molecular complexity index is 251. The molecule has 0 spiro atoms. The summed E-state index contributed by atoms with van der Waals surface area (Å²) >= 11 is 0. The summed E-state index contributed by atoms with van der Waals surface area (Å²) in [6.45, 7) is 3.02. The summed E-state index contributed by atoms with van der Waals surface area (Å²) < 4.78 is 0. The number of hydrogen-bond donors (Lipinski definition) is 4. The third-order valence-electron chi connectivity index (χ3n) is 2.57. The quantitative estimate of drug-likeness (QED) is 0.433. The predicted molar refractivity (Wildman–Crippen MR) is 53.8 cm³/mol. The Balaban J connectivity index is 2.39. The molecule has 0 aromatic carbocycles. The first-order valence-electron chi connectivity index (χ1n) is 5.01. The van der Waals surface area contributed by atoms with Crippen LogP contribution in [0.2, 0.25) is 0 Å². The predicted octanol–water partition coefficient (Wildman–Crippen LogP) is -2.05. The van der Waals surface area contributed by atoms with Gasteiger partial charge in [0.25, 0.3) is 0 Å². The molecule has 6 nitrogen and oxygen atoms in total. The summed E-state index contributed by atoms with van der Waals surface area (Å²) in [5.41, 5.74) is 4.91. The summed E-state index contributed by atoms with van der Waals surface area (Å²) in [6.07, 6.45) is -0.547. The van der Waals surface area contributed by atoms with Crippen LogP contribution >= 0.6 is 0 Å². The number of hydrogen-bond acceptors (Lipinski definition) is 4. The van der Waals surface area contributed by atoms with Crippen LogP contribution in [0.5, 0.6) is 0 Å². The number of rotatable bonds is 4. The molecule has 0 saturated carbocycles. The first kappa shape index (κ1) is 11.9. The smallest absolute Gasteiger partial charge is 0.248 e. The molecule has 1 saturated heterocycles. The lowest BCUT2D eigenvalue weighted by atomic mass is 10.1. The van der Waals surface area contributed by atoms with Gasteiger partial charge in [0.15, 0.2) is 6.10 Å². The normalized spacial score (nSPS) is 24.5. The molecule has 0 aromatic rings. The maximum absolute atomic E-state index is 11.6. The summed E-state index contributed by atoms with van der Waals surface area (Å²) in [5.74, 6) is -1.05. The van der Waals surface area contributed by atoms with E-state index in [1.807, 2.05) is 0 Å². The largest absolute Gasteiger partial charge is 0.381 e. The van der Waals surface area contributed by atoms with Crippen LogP contribution < -0.4 is 16.4 Å². The zero-order chi connectivity index (χ0) is 11.4. The van der Waals surface area contributed by atoms with E-state index in [1.165, 1.54) is 0 Å². The summed E-state index contributed by atoms with van der Waals surface area (Å²) in [7, 11) is 0. The second kappa shape index (κ2) is 5.09. The number of carbonyl (C=O) groups excluding carboxylic acids is 2. The minimum absolute atomic E-state index is 0.0764. The minimum atomic E-state index is -1.33. The van der Waals surface area contributed by atoms with Crippen molar-refractivity contribution in [3.63, 3.8) is 0 Å². The van der Waals surface area contributed by atoms with Crippen molar-refractivity contribution in [3.05, 3.63) is 0 Å². The van der Waals surface area contributed by atoms with Gasteiger partial charge < -0.3 is 21.5 Å². The molecular formula is C9H17N3O3. The van der Waals surface area contributed by atoms with Gasteiger partial charge in [0, 0.05) is 6.54 Å². The van der Waals surface area contributed by atoms with Crippen molar-refractivity contribution in [1.82, 2.24) is 10.6 Å². The van der Waals surface area contributed by atoms with Crippen molar-refractivity contribution < 1.29 is 14.7 Å². The summed E-state index contributed by atoms with van der Waals surface area (Å²) in [4.78, 5) is 22.2. The maximum atomic E-state index is 11.6. The number of primary amides is 1. The van der Waals surface area contributed by atoms with Gasteiger partial charge in [-0.1, -0.05) is 0 Å². The molecule has 0 unspecified atom stereocenters. The van der Waals surface area contributed by atoms with Crippen LogP contribution in [0, 0.1) is 5.92 Å². The lowest BCUT2D eigenvalue weighted by Gasteiger charge is -2.19.